The van der Waals surface area contributed by atoms with Crippen molar-refractivity contribution in [3.8, 4) is 6.07 Å². The van der Waals surface area contributed by atoms with Crippen LogP contribution in [0.3, 0.4) is 0 Å². The molecule has 0 spiro atoms. The van der Waals surface area contributed by atoms with Crippen molar-refractivity contribution in [1.82, 2.24) is 4.90 Å². The number of likely N-dealkylation sites (tertiary alicyclic amines) is 1. The van der Waals surface area contributed by atoms with Gasteiger partial charge in [0.05, 0.1) is 18.0 Å². The third-order valence-corrected chi connectivity index (χ3v) is 6.34. The minimum Gasteiger partial charge on any atom is -0.445 e. The van der Waals surface area contributed by atoms with Crippen molar-refractivity contribution in [2.75, 3.05) is 13.1 Å². The molecular weight excluding hydrogens is 484 g/mol. The lowest BCUT2D eigenvalue weighted by atomic mass is 9.94. The van der Waals surface area contributed by atoms with E-state index in [4.69, 9.17) is 21.1 Å². The first-order valence-electron chi connectivity index (χ1n) is 9.85. The molecule has 2 aromatic rings. The van der Waals surface area contributed by atoms with E-state index in [1.54, 1.807) is 6.07 Å². The highest BCUT2D eigenvalue weighted by Gasteiger charge is 2.41. The van der Waals surface area contributed by atoms with Crippen molar-refractivity contribution in [2.45, 2.75) is 38.4 Å². The van der Waals surface area contributed by atoms with Crippen LogP contribution >= 0.6 is 27.5 Å². The van der Waals surface area contributed by atoms with E-state index in [9.17, 15) is 14.9 Å². The van der Waals surface area contributed by atoms with E-state index < -0.39 is 17.7 Å². The predicted molar refractivity (Wildman–Crippen MR) is 119 cm³/mol. The molecule has 0 bridgehead atoms. The molecule has 0 radical (unpaired) electrons. The average molecular weight is 506 g/mol. The number of esters is 1. The number of amides is 1. The molecule has 1 fully saturated rings. The maximum atomic E-state index is 12.6. The van der Waals surface area contributed by atoms with Gasteiger partial charge in [0, 0.05) is 17.4 Å². The van der Waals surface area contributed by atoms with Crippen LogP contribution in [0, 0.1) is 18.3 Å². The summed E-state index contributed by atoms with van der Waals surface area (Å²) in [7, 11) is 0. The molecule has 1 saturated heterocycles. The first-order chi connectivity index (χ1) is 14.8. The number of halogens is 2. The highest BCUT2D eigenvalue weighted by Crippen LogP contribution is 2.29. The number of carbonyl (C=O) groups excluding carboxylic acids is 2. The van der Waals surface area contributed by atoms with Gasteiger partial charge < -0.3 is 14.4 Å². The first-order valence-corrected chi connectivity index (χ1v) is 11.0. The minimum atomic E-state index is -1.39. The normalized spacial score (nSPS) is 18.2. The molecule has 1 atom stereocenters. The minimum absolute atomic E-state index is 0.0132. The molecule has 1 aliphatic rings. The van der Waals surface area contributed by atoms with Crippen molar-refractivity contribution in [1.29, 1.82) is 5.26 Å². The Kier molecular flexibility index (Phi) is 7.58. The zero-order chi connectivity index (χ0) is 22.4. The van der Waals surface area contributed by atoms with Crippen LogP contribution in [-0.4, -0.2) is 35.7 Å². The molecule has 2 aromatic carbocycles. The van der Waals surface area contributed by atoms with Gasteiger partial charge in [0.1, 0.15) is 12.7 Å². The van der Waals surface area contributed by atoms with Crippen molar-refractivity contribution < 1.29 is 19.1 Å². The molecule has 1 unspecified atom stereocenters. The number of benzene rings is 2. The lowest BCUT2D eigenvalue weighted by molar-refractivity contribution is -0.157. The van der Waals surface area contributed by atoms with Gasteiger partial charge in [-0.2, -0.15) is 5.26 Å². The molecule has 0 N–H and O–H groups in total. The Balaban J connectivity index is 1.62. The fourth-order valence-electron chi connectivity index (χ4n) is 3.47. The third-order valence-electron chi connectivity index (χ3n) is 5.14. The second-order valence-electron chi connectivity index (χ2n) is 7.52. The quantitative estimate of drug-likeness (QED) is 0.522. The number of aryl methyl sites for hydroxylation is 1. The van der Waals surface area contributed by atoms with Gasteiger partial charge >= 0.3 is 12.1 Å². The molecule has 1 aliphatic heterocycles. The van der Waals surface area contributed by atoms with Gasteiger partial charge in [-0.1, -0.05) is 41.9 Å². The third kappa shape index (κ3) is 5.99. The van der Waals surface area contributed by atoms with E-state index in [2.05, 4.69) is 22.0 Å². The average Bonchev–Trinajstić information content (AvgIpc) is 2.76. The summed E-state index contributed by atoms with van der Waals surface area (Å²) in [6.45, 7) is 2.42. The summed E-state index contributed by atoms with van der Waals surface area (Å²) in [6, 6.07) is 15.0. The SMILES string of the molecule is Cc1cc(Br)c(Cl)cc1CC(=O)OC1(C#N)CCCN(C(=O)OCc2ccccc2)C1. The maximum absolute atomic E-state index is 12.6. The molecule has 0 aliphatic carbocycles. The topological polar surface area (TPSA) is 79.6 Å². The van der Waals surface area contributed by atoms with Gasteiger partial charge in [-0.25, -0.2) is 4.79 Å². The zero-order valence-electron chi connectivity index (χ0n) is 17.1. The van der Waals surface area contributed by atoms with Crippen molar-refractivity contribution in [2.24, 2.45) is 0 Å². The molecule has 6 nitrogen and oxygen atoms in total. The Morgan fingerprint density at radius 1 is 1.29 bits per heavy atom. The van der Waals surface area contributed by atoms with Crippen LogP contribution in [0.25, 0.3) is 0 Å². The van der Waals surface area contributed by atoms with Gasteiger partial charge in [0.2, 0.25) is 5.60 Å². The number of nitriles is 1. The van der Waals surface area contributed by atoms with Gasteiger partial charge in [-0.3, -0.25) is 4.79 Å². The standard InChI is InChI=1S/C23H22BrClN2O4/c1-16-10-19(24)20(25)11-18(16)12-21(28)31-23(14-26)8-5-9-27(15-23)22(29)30-13-17-6-3-2-4-7-17/h2-4,6-7,10-11H,5,8-9,12-13,15H2,1H3. The summed E-state index contributed by atoms with van der Waals surface area (Å²) in [4.78, 5) is 26.5. The lowest BCUT2D eigenvalue weighted by Gasteiger charge is -2.37. The van der Waals surface area contributed by atoms with E-state index in [0.29, 0.717) is 24.4 Å². The number of carbonyl (C=O) groups is 2. The number of piperidine rings is 1. The largest absolute Gasteiger partial charge is 0.445 e. The fraction of sp³-hybridized carbons (Fsp3) is 0.348. The van der Waals surface area contributed by atoms with Gasteiger partial charge in [-0.05, 0) is 58.1 Å². The van der Waals surface area contributed by atoms with Crippen LogP contribution in [-0.2, 0) is 27.3 Å². The second-order valence-corrected chi connectivity index (χ2v) is 8.78. The molecule has 8 heteroatoms. The monoisotopic (exact) mass is 504 g/mol. The van der Waals surface area contributed by atoms with Crippen LogP contribution in [0.5, 0.6) is 0 Å². The Morgan fingerprint density at radius 2 is 2.03 bits per heavy atom. The summed E-state index contributed by atoms with van der Waals surface area (Å²) in [5, 5.41) is 10.3. The molecule has 0 saturated carbocycles. The number of nitrogens with zero attached hydrogens (tertiary/aromatic N) is 2. The summed E-state index contributed by atoms with van der Waals surface area (Å²) in [5.41, 5.74) is 1.08. The van der Waals surface area contributed by atoms with Crippen LogP contribution in [0.4, 0.5) is 4.79 Å². The van der Waals surface area contributed by atoms with Gasteiger partial charge in [-0.15, -0.1) is 0 Å². The molecule has 3 rings (SSSR count). The number of hydrogen-bond donors (Lipinski definition) is 0. The Hall–Kier alpha value is -2.56. The summed E-state index contributed by atoms with van der Waals surface area (Å²) >= 11 is 9.49. The highest BCUT2D eigenvalue weighted by atomic mass is 79.9. The first kappa shape index (κ1) is 23.1. The molecular formula is C23H22BrClN2O4. The molecule has 1 amide bonds. The van der Waals surface area contributed by atoms with Gasteiger partial charge in [0.25, 0.3) is 0 Å². The lowest BCUT2D eigenvalue weighted by Crippen LogP contribution is -2.52. The van der Waals surface area contributed by atoms with Crippen LogP contribution < -0.4 is 0 Å². The van der Waals surface area contributed by atoms with Crippen LogP contribution in [0.1, 0.15) is 29.5 Å². The molecule has 0 aromatic heterocycles. The van der Waals surface area contributed by atoms with E-state index >= 15 is 0 Å². The number of ether oxygens (including phenoxy) is 2. The van der Waals surface area contributed by atoms with E-state index in [0.717, 1.165) is 21.2 Å². The van der Waals surface area contributed by atoms with E-state index in [1.807, 2.05) is 43.3 Å². The Morgan fingerprint density at radius 3 is 2.74 bits per heavy atom. The second kappa shape index (κ2) is 10.2. The Labute approximate surface area is 194 Å². The fourth-order valence-corrected chi connectivity index (χ4v) is 4.12. The summed E-state index contributed by atoms with van der Waals surface area (Å²) in [5.74, 6) is -0.539. The molecule has 1 heterocycles. The number of hydrogen-bond acceptors (Lipinski definition) is 5. The smallest absolute Gasteiger partial charge is 0.410 e. The van der Waals surface area contributed by atoms with E-state index in [-0.39, 0.29) is 19.6 Å². The predicted octanol–water partition coefficient (Wildman–Crippen LogP) is 5.19. The number of rotatable bonds is 5. The molecule has 31 heavy (non-hydrogen) atoms. The van der Waals surface area contributed by atoms with E-state index in [1.165, 1.54) is 4.90 Å². The van der Waals surface area contributed by atoms with Crippen molar-refractivity contribution >= 4 is 39.6 Å². The van der Waals surface area contributed by atoms with Gasteiger partial charge in [0.15, 0.2) is 0 Å². The zero-order valence-corrected chi connectivity index (χ0v) is 19.4. The molecule has 162 valence electrons. The van der Waals surface area contributed by atoms with Crippen LogP contribution in [0.15, 0.2) is 46.9 Å². The van der Waals surface area contributed by atoms with Crippen molar-refractivity contribution in [3.05, 3.63) is 68.7 Å². The van der Waals surface area contributed by atoms with Crippen LogP contribution in [0.2, 0.25) is 5.02 Å². The Bertz CT molecular complexity index is 1010. The summed E-state index contributed by atoms with van der Waals surface area (Å²) < 4.78 is 11.7. The maximum Gasteiger partial charge on any atom is 0.410 e. The van der Waals surface area contributed by atoms with Crippen molar-refractivity contribution in [3.63, 3.8) is 0 Å². The highest BCUT2D eigenvalue weighted by molar-refractivity contribution is 9.10. The summed E-state index contributed by atoms with van der Waals surface area (Å²) in [6.07, 6.45) is 0.345.